The summed E-state index contributed by atoms with van der Waals surface area (Å²) in [4.78, 5) is 25.9. The quantitative estimate of drug-likeness (QED) is 0.731. The van der Waals surface area contributed by atoms with Crippen LogP contribution in [0.15, 0.2) is 0 Å². The molecule has 2 aliphatic rings. The highest BCUT2D eigenvalue weighted by Gasteiger charge is 2.47. The third-order valence-corrected chi connectivity index (χ3v) is 4.22. The van der Waals surface area contributed by atoms with Gasteiger partial charge in [-0.15, -0.1) is 0 Å². The number of carbonyl (C=O) groups excluding carboxylic acids is 2. The van der Waals surface area contributed by atoms with E-state index in [2.05, 4.69) is 0 Å². The Balaban J connectivity index is 2.05. The summed E-state index contributed by atoms with van der Waals surface area (Å²) >= 11 is 0. The van der Waals surface area contributed by atoms with Crippen molar-refractivity contribution in [3.63, 3.8) is 0 Å². The Bertz CT molecular complexity index is 427. The number of hydrogen-bond donors (Lipinski definition) is 0. The van der Waals surface area contributed by atoms with E-state index < -0.39 is 30.6 Å². The van der Waals surface area contributed by atoms with Crippen LogP contribution in [0, 0.1) is 5.92 Å². The van der Waals surface area contributed by atoms with Gasteiger partial charge in [-0.3, -0.25) is 19.4 Å². The summed E-state index contributed by atoms with van der Waals surface area (Å²) in [5.74, 6) is -1.18. The molecule has 8 heteroatoms. The highest BCUT2D eigenvalue weighted by Crippen LogP contribution is 2.28. The molecule has 0 saturated carbocycles. The number of rotatable bonds is 3. The Morgan fingerprint density at radius 1 is 1.33 bits per heavy atom. The van der Waals surface area contributed by atoms with Crippen molar-refractivity contribution in [3.8, 4) is 0 Å². The first-order valence-corrected chi connectivity index (χ1v) is 6.90. The van der Waals surface area contributed by atoms with Crippen LogP contribution in [0.3, 0.4) is 0 Å². The zero-order valence-electron chi connectivity index (χ0n) is 12.0. The molecular formula is C13H19F3N2O3. The largest absolute Gasteiger partial charge is 0.406 e. The number of alkyl halides is 3. The second kappa shape index (κ2) is 5.92. The summed E-state index contributed by atoms with van der Waals surface area (Å²) in [5, 5.41) is 0. The van der Waals surface area contributed by atoms with E-state index in [1.807, 2.05) is 6.92 Å². The van der Waals surface area contributed by atoms with Crippen molar-refractivity contribution >= 4 is 11.8 Å². The van der Waals surface area contributed by atoms with Crippen molar-refractivity contribution < 1.29 is 27.5 Å². The van der Waals surface area contributed by atoms with E-state index in [1.54, 1.807) is 12.0 Å². The second-order valence-electron chi connectivity index (χ2n) is 5.69. The molecule has 2 fully saturated rings. The van der Waals surface area contributed by atoms with Crippen molar-refractivity contribution in [1.82, 2.24) is 9.80 Å². The number of amides is 2. The predicted octanol–water partition coefficient (Wildman–Crippen LogP) is 1.03. The van der Waals surface area contributed by atoms with Crippen LogP contribution in [-0.4, -0.2) is 66.7 Å². The van der Waals surface area contributed by atoms with Crippen LogP contribution in [0.1, 0.15) is 19.8 Å². The fraction of sp³-hybridized carbons (Fsp3) is 0.846. The summed E-state index contributed by atoms with van der Waals surface area (Å²) in [6.45, 7) is 1.58. The van der Waals surface area contributed by atoms with Gasteiger partial charge in [0.05, 0.1) is 18.6 Å². The second-order valence-corrected chi connectivity index (χ2v) is 5.69. The maximum absolute atomic E-state index is 12.4. The molecule has 0 aromatic carbocycles. The zero-order chi connectivity index (χ0) is 15.8. The van der Waals surface area contributed by atoms with E-state index in [0.717, 1.165) is 6.42 Å². The average Bonchev–Trinajstić information content (AvgIpc) is 2.66. The van der Waals surface area contributed by atoms with Gasteiger partial charge in [0.15, 0.2) is 0 Å². The molecule has 5 nitrogen and oxygen atoms in total. The molecule has 2 heterocycles. The lowest BCUT2D eigenvalue weighted by Gasteiger charge is -2.38. The third-order valence-electron chi connectivity index (χ3n) is 4.22. The number of halogens is 3. The first-order chi connectivity index (χ1) is 9.73. The standard InChI is InChI=1S/C13H19F3N2O3/c1-8-3-4-17(6-10(8)21-2)9-5-11(19)18(12(9)20)7-13(14,15)16/h8-10H,3-7H2,1-2H3/t8-,9-,10+/m0/s1. The number of hydrogen-bond acceptors (Lipinski definition) is 4. The summed E-state index contributed by atoms with van der Waals surface area (Å²) in [6, 6.07) is -0.787. The number of likely N-dealkylation sites (tertiary alicyclic amines) is 2. The Labute approximate surface area is 121 Å². The molecule has 0 aromatic rings. The molecule has 120 valence electrons. The molecule has 0 spiro atoms. The van der Waals surface area contributed by atoms with Crippen molar-refractivity contribution in [2.45, 2.75) is 38.1 Å². The summed E-state index contributed by atoms with van der Waals surface area (Å²) in [7, 11) is 1.57. The molecule has 0 N–H and O–H groups in total. The summed E-state index contributed by atoms with van der Waals surface area (Å²) in [5.41, 5.74) is 0. The normalized spacial score (nSPS) is 32.0. The van der Waals surface area contributed by atoms with Crippen LogP contribution in [0.25, 0.3) is 0 Å². The molecule has 2 rings (SSSR count). The molecule has 0 radical (unpaired) electrons. The summed E-state index contributed by atoms with van der Waals surface area (Å²) in [6.07, 6.45) is -4.03. The Morgan fingerprint density at radius 2 is 2.00 bits per heavy atom. The van der Waals surface area contributed by atoms with E-state index >= 15 is 0 Å². The lowest BCUT2D eigenvalue weighted by atomic mass is 9.94. The monoisotopic (exact) mass is 308 g/mol. The third kappa shape index (κ3) is 3.55. The van der Waals surface area contributed by atoms with Crippen molar-refractivity contribution in [2.24, 2.45) is 5.92 Å². The highest BCUT2D eigenvalue weighted by molar-refractivity contribution is 6.05. The minimum Gasteiger partial charge on any atom is -0.380 e. The van der Waals surface area contributed by atoms with Crippen LogP contribution in [0.2, 0.25) is 0 Å². The van der Waals surface area contributed by atoms with E-state index in [4.69, 9.17) is 4.74 Å². The van der Waals surface area contributed by atoms with Crippen LogP contribution in [0.5, 0.6) is 0 Å². The molecule has 2 amide bonds. The molecule has 0 bridgehead atoms. The molecule has 3 atom stereocenters. The number of carbonyl (C=O) groups is 2. The lowest BCUT2D eigenvalue weighted by Crippen LogP contribution is -2.51. The Hall–Kier alpha value is -1.15. The van der Waals surface area contributed by atoms with E-state index in [-0.39, 0.29) is 12.5 Å². The van der Waals surface area contributed by atoms with Crippen molar-refractivity contribution in [2.75, 3.05) is 26.7 Å². The average molecular weight is 308 g/mol. The smallest absolute Gasteiger partial charge is 0.380 e. The van der Waals surface area contributed by atoms with Gasteiger partial charge in [0.25, 0.3) is 0 Å². The number of ether oxygens (including phenoxy) is 1. The molecule has 0 aromatic heterocycles. The SMILES string of the molecule is CO[C@@H]1CN([C@H]2CC(=O)N(CC(F)(F)F)C2=O)CC[C@@H]1C. The van der Waals surface area contributed by atoms with Gasteiger partial charge >= 0.3 is 6.18 Å². The number of nitrogens with zero attached hydrogens (tertiary/aromatic N) is 2. The Morgan fingerprint density at radius 3 is 2.57 bits per heavy atom. The lowest BCUT2D eigenvalue weighted by molar-refractivity contribution is -0.166. The first kappa shape index (κ1) is 16.2. The predicted molar refractivity (Wildman–Crippen MR) is 67.3 cm³/mol. The minimum atomic E-state index is -4.56. The molecule has 2 aliphatic heterocycles. The molecule has 2 saturated heterocycles. The van der Waals surface area contributed by atoms with Gasteiger partial charge in [-0.1, -0.05) is 6.92 Å². The van der Waals surface area contributed by atoms with Crippen LogP contribution >= 0.6 is 0 Å². The van der Waals surface area contributed by atoms with E-state index in [0.29, 0.717) is 23.9 Å². The van der Waals surface area contributed by atoms with Gasteiger partial charge in [-0.2, -0.15) is 13.2 Å². The van der Waals surface area contributed by atoms with Gasteiger partial charge in [-0.05, 0) is 18.9 Å². The van der Waals surface area contributed by atoms with Crippen LogP contribution in [0.4, 0.5) is 13.2 Å². The molecule has 0 aliphatic carbocycles. The van der Waals surface area contributed by atoms with Gasteiger partial charge in [0, 0.05) is 13.7 Å². The fourth-order valence-electron chi connectivity index (χ4n) is 2.94. The van der Waals surface area contributed by atoms with Gasteiger partial charge in [0.1, 0.15) is 6.54 Å². The highest BCUT2D eigenvalue weighted by atomic mass is 19.4. The van der Waals surface area contributed by atoms with E-state index in [9.17, 15) is 22.8 Å². The van der Waals surface area contributed by atoms with E-state index in [1.165, 1.54) is 0 Å². The van der Waals surface area contributed by atoms with Crippen LogP contribution < -0.4 is 0 Å². The van der Waals surface area contributed by atoms with Gasteiger partial charge < -0.3 is 4.74 Å². The molecular weight excluding hydrogens is 289 g/mol. The van der Waals surface area contributed by atoms with Crippen molar-refractivity contribution in [1.29, 1.82) is 0 Å². The maximum atomic E-state index is 12.4. The number of methoxy groups -OCH3 is 1. The maximum Gasteiger partial charge on any atom is 0.406 e. The van der Waals surface area contributed by atoms with Gasteiger partial charge in [0.2, 0.25) is 11.8 Å². The topological polar surface area (TPSA) is 49.9 Å². The van der Waals surface area contributed by atoms with Gasteiger partial charge in [-0.25, -0.2) is 0 Å². The molecule has 21 heavy (non-hydrogen) atoms. The Kier molecular flexibility index (Phi) is 4.57. The van der Waals surface area contributed by atoms with Crippen LogP contribution in [-0.2, 0) is 14.3 Å². The number of piperidine rings is 1. The summed E-state index contributed by atoms with van der Waals surface area (Å²) < 4.78 is 42.6. The first-order valence-electron chi connectivity index (χ1n) is 6.90. The van der Waals surface area contributed by atoms with Crippen molar-refractivity contribution in [3.05, 3.63) is 0 Å². The minimum absolute atomic E-state index is 0.0710. The fourth-order valence-corrected chi connectivity index (χ4v) is 2.94. The molecule has 0 unspecified atom stereocenters. The zero-order valence-corrected chi connectivity index (χ0v) is 12.0. The number of imide groups is 1.